The summed E-state index contributed by atoms with van der Waals surface area (Å²) in [6.45, 7) is 3.42. The number of fused-ring (bicyclic) bond motifs is 3. The van der Waals surface area contributed by atoms with E-state index >= 15 is 0 Å². The summed E-state index contributed by atoms with van der Waals surface area (Å²) in [4.78, 5) is 18.7. The summed E-state index contributed by atoms with van der Waals surface area (Å²) in [6, 6.07) is 16.5. The molecule has 10 heteroatoms. The molecule has 5 aromatic rings. The molecule has 1 aromatic carbocycles. The molecule has 0 unspecified atom stereocenters. The quantitative estimate of drug-likeness (QED) is 0.390. The fraction of sp³-hybridized carbons (Fsp3) is 0.333. The normalized spacial score (nSPS) is 20.4. The summed E-state index contributed by atoms with van der Waals surface area (Å²) in [7, 11) is 0. The van der Waals surface area contributed by atoms with Crippen molar-refractivity contribution in [2.75, 3.05) is 36.9 Å². The molecule has 0 aliphatic carbocycles. The van der Waals surface area contributed by atoms with Gasteiger partial charge in [0, 0.05) is 49.4 Å². The highest BCUT2D eigenvalue weighted by atomic mass is 16.5. The zero-order chi connectivity index (χ0) is 24.8. The smallest absolute Gasteiger partial charge is 0.256 e. The van der Waals surface area contributed by atoms with E-state index in [9.17, 15) is 0 Å². The molecule has 4 aromatic heterocycles. The van der Waals surface area contributed by atoms with Gasteiger partial charge in [0.25, 0.3) is 5.78 Å². The second-order valence-corrected chi connectivity index (χ2v) is 9.76. The number of nitrogen functional groups attached to an aromatic ring is 1. The number of piperidine rings is 1. The number of piperazine rings is 1. The van der Waals surface area contributed by atoms with Gasteiger partial charge in [-0.1, -0.05) is 12.5 Å². The number of nitrogens with two attached hydrogens (primary N) is 1. The first kappa shape index (κ1) is 22.1. The first-order valence-electron chi connectivity index (χ1n) is 12.8. The van der Waals surface area contributed by atoms with E-state index in [4.69, 9.17) is 19.9 Å². The van der Waals surface area contributed by atoms with Crippen LogP contribution >= 0.6 is 0 Å². The van der Waals surface area contributed by atoms with Gasteiger partial charge in [0.2, 0.25) is 5.82 Å². The third-order valence-corrected chi connectivity index (χ3v) is 7.48. The molecule has 2 saturated heterocycles. The fourth-order valence-corrected chi connectivity index (χ4v) is 5.63. The van der Waals surface area contributed by atoms with Crippen molar-refractivity contribution in [2.24, 2.45) is 0 Å². The molecule has 0 bridgehead atoms. The Kier molecular flexibility index (Phi) is 5.39. The summed E-state index contributed by atoms with van der Waals surface area (Å²) in [5.74, 6) is 3.79. The van der Waals surface area contributed by atoms with Crippen LogP contribution < -0.4 is 15.4 Å². The molecular formula is C27H28N8O2. The molecule has 10 nitrogen and oxygen atoms in total. The van der Waals surface area contributed by atoms with Gasteiger partial charge in [0.1, 0.15) is 24.0 Å². The van der Waals surface area contributed by atoms with E-state index in [2.05, 4.69) is 37.0 Å². The average molecular weight is 497 g/mol. The zero-order valence-corrected chi connectivity index (χ0v) is 20.4. The number of pyridine rings is 1. The van der Waals surface area contributed by atoms with E-state index in [1.165, 1.54) is 12.8 Å². The lowest BCUT2D eigenvalue weighted by atomic mass is 9.93. The van der Waals surface area contributed by atoms with Gasteiger partial charge in [0.15, 0.2) is 5.76 Å². The van der Waals surface area contributed by atoms with Gasteiger partial charge < -0.3 is 19.8 Å². The average Bonchev–Trinajstić information content (AvgIpc) is 3.62. The van der Waals surface area contributed by atoms with Crippen LogP contribution in [-0.2, 0) is 0 Å². The van der Waals surface area contributed by atoms with Crippen molar-refractivity contribution in [3.8, 4) is 17.3 Å². The SMILES string of the molecule is Nc1cc(N2CCN3[C@@H](COc4ccc5ncccc5c4)CCC[C@H]3C2)nc2nc(-c3ccco3)nn12. The lowest BCUT2D eigenvalue weighted by Crippen LogP contribution is -2.59. The summed E-state index contributed by atoms with van der Waals surface area (Å²) < 4.78 is 13.3. The van der Waals surface area contributed by atoms with Crippen molar-refractivity contribution in [2.45, 2.75) is 31.3 Å². The monoisotopic (exact) mass is 496 g/mol. The molecule has 0 radical (unpaired) electrons. The van der Waals surface area contributed by atoms with Crippen LogP contribution in [0.3, 0.4) is 0 Å². The Morgan fingerprint density at radius 2 is 2.03 bits per heavy atom. The van der Waals surface area contributed by atoms with Crippen molar-refractivity contribution in [3.63, 3.8) is 0 Å². The Morgan fingerprint density at radius 1 is 1.05 bits per heavy atom. The van der Waals surface area contributed by atoms with Crippen molar-refractivity contribution in [1.29, 1.82) is 0 Å². The van der Waals surface area contributed by atoms with Crippen LogP contribution in [0.5, 0.6) is 5.75 Å². The van der Waals surface area contributed by atoms with Gasteiger partial charge in [-0.15, -0.1) is 5.10 Å². The maximum absolute atomic E-state index is 6.35. The van der Waals surface area contributed by atoms with Crippen LogP contribution in [0.2, 0.25) is 0 Å². The number of benzene rings is 1. The van der Waals surface area contributed by atoms with Gasteiger partial charge in [-0.05, 0) is 49.2 Å². The van der Waals surface area contributed by atoms with Crippen LogP contribution in [0.4, 0.5) is 11.6 Å². The lowest BCUT2D eigenvalue weighted by Gasteiger charge is -2.48. The van der Waals surface area contributed by atoms with E-state index in [-0.39, 0.29) is 0 Å². The molecular weight excluding hydrogens is 468 g/mol. The molecule has 2 aliphatic rings. The minimum absolute atomic E-state index is 0.401. The number of ether oxygens (including phenoxy) is 1. The van der Waals surface area contributed by atoms with Crippen LogP contribution in [-0.4, -0.2) is 67.8 Å². The maximum atomic E-state index is 6.35. The molecule has 188 valence electrons. The molecule has 0 saturated carbocycles. The standard InChI is InChI=1S/C27H28N8O2/c28-24-15-25(30-27-31-26(32-35(24)27)23-7-3-13-36-23)33-11-12-34-19(16-33)5-1-6-20(34)17-37-21-8-9-22-18(14-21)4-2-10-29-22/h2-4,7-10,13-15,19-20H,1,5-6,11-12,16-17,28H2/t19-,20+/m0/s1. The molecule has 7 rings (SSSR count). The second kappa shape index (κ2) is 9.04. The number of anilines is 2. The molecule has 2 atom stereocenters. The summed E-state index contributed by atoms with van der Waals surface area (Å²) in [6.07, 6.45) is 6.93. The van der Waals surface area contributed by atoms with Crippen LogP contribution in [0.1, 0.15) is 19.3 Å². The van der Waals surface area contributed by atoms with E-state index in [1.807, 2.05) is 42.6 Å². The minimum atomic E-state index is 0.401. The van der Waals surface area contributed by atoms with E-state index in [0.717, 1.165) is 48.5 Å². The van der Waals surface area contributed by atoms with Gasteiger partial charge in [-0.3, -0.25) is 9.88 Å². The fourth-order valence-electron chi connectivity index (χ4n) is 5.63. The molecule has 2 N–H and O–H groups in total. The van der Waals surface area contributed by atoms with E-state index < -0.39 is 0 Å². The Bertz CT molecular complexity index is 1550. The van der Waals surface area contributed by atoms with Crippen LogP contribution in [0.25, 0.3) is 28.3 Å². The van der Waals surface area contributed by atoms with Gasteiger partial charge in [0.05, 0.1) is 11.8 Å². The molecule has 37 heavy (non-hydrogen) atoms. The van der Waals surface area contributed by atoms with Crippen LogP contribution in [0.15, 0.2) is 65.4 Å². The Morgan fingerprint density at radius 3 is 2.95 bits per heavy atom. The number of nitrogens with zero attached hydrogens (tertiary/aromatic N) is 7. The molecule has 0 spiro atoms. The van der Waals surface area contributed by atoms with Crippen molar-refractivity contribution < 1.29 is 9.15 Å². The Labute approximate surface area is 213 Å². The largest absolute Gasteiger partial charge is 0.492 e. The Balaban J connectivity index is 1.05. The zero-order valence-electron chi connectivity index (χ0n) is 20.4. The van der Waals surface area contributed by atoms with E-state index in [1.54, 1.807) is 10.8 Å². The lowest BCUT2D eigenvalue weighted by molar-refractivity contribution is 0.0433. The van der Waals surface area contributed by atoms with Crippen molar-refractivity contribution in [3.05, 3.63) is 61.0 Å². The summed E-state index contributed by atoms with van der Waals surface area (Å²) >= 11 is 0. The maximum Gasteiger partial charge on any atom is 0.256 e. The number of rotatable bonds is 5. The topological polar surface area (TPSA) is 111 Å². The predicted octanol–water partition coefficient (Wildman–Crippen LogP) is 3.64. The van der Waals surface area contributed by atoms with Crippen LogP contribution in [0, 0.1) is 0 Å². The number of aromatic nitrogens is 5. The third kappa shape index (κ3) is 4.13. The summed E-state index contributed by atoms with van der Waals surface area (Å²) in [5.41, 5.74) is 7.33. The van der Waals surface area contributed by atoms with Gasteiger partial charge in [-0.2, -0.15) is 14.5 Å². The highest BCUT2D eigenvalue weighted by Gasteiger charge is 2.36. The molecule has 2 aliphatic heterocycles. The number of furan rings is 1. The minimum Gasteiger partial charge on any atom is -0.492 e. The van der Waals surface area contributed by atoms with Gasteiger partial charge in [-0.25, -0.2) is 0 Å². The van der Waals surface area contributed by atoms with Gasteiger partial charge >= 0.3 is 0 Å². The molecule has 2 fully saturated rings. The Hall–Kier alpha value is -4.18. The first-order valence-corrected chi connectivity index (χ1v) is 12.8. The number of hydrogen-bond donors (Lipinski definition) is 1. The van der Waals surface area contributed by atoms with Crippen molar-refractivity contribution in [1.82, 2.24) is 29.5 Å². The first-order chi connectivity index (χ1) is 18.2. The summed E-state index contributed by atoms with van der Waals surface area (Å²) in [5, 5.41) is 5.56. The van der Waals surface area contributed by atoms with Crippen molar-refractivity contribution >= 4 is 28.3 Å². The third-order valence-electron chi connectivity index (χ3n) is 7.48. The predicted molar refractivity (Wildman–Crippen MR) is 140 cm³/mol. The second-order valence-electron chi connectivity index (χ2n) is 9.76. The molecule has 0 amide bonds. The molecule has 6 heterocycles. The highest BCUT2D eigenvalue weighted by Crippen LogP contribution is 2.30. The van der Waals surface area contributed by atoms with E-state index in [0.29, 0.717) is 41.9 Å². The number of hydrogen-bond acceptors (Lipinski definition) is 9. The highest BCUT2D eigenvalue weighted by molar-refractivity contribution is 5.79.